The third-order valence-corrected chi connectivity index (χ3v) is 3.09. The number of nitrogens with zero attached hydrogens (tertiary/aromatic N) is 2. The first-order chi connectivity index (χ1) is 7.36. The number of carbonyl (C=O) groups is 1. The van der Waals surface area contributed by atoms with Crippen molar-refractivity contribution in [1.82, 2.24) is 10.4 Å². The summed E-state index contributed by atoms with van der Waals surface area (Å²) in [6, 6.07) is 3.33. The lowest BCUT2D eigenvalue weighted by atomic mass is 10.3. The van der Waals surface area contributed by atoms with E-state index < -0.39 is 0 Å². The molecule has 2 heterocycles. The van der Waals surface area contributed by atoms with Crippen LogP contribution in [-0.4, -0.2) is 28.1 Å². The monoisotopic (exact) mass is 221 g/mol. The Morgan fingerprint density at radius 3 is 2.93 bits per heavy atom. The second kappa shape index (κ2) is 4.93. The van der Waals surface area contributed by atoms with E-state index in [-0.39, 0.29) is 5.91 Å². The second-order valence-electron chi connectivity index (χ2n) is 3.16. The minimum atomic E-state index is -0.179. The zero-order valence-corrected chi connectivity index (χ0v) is 8.96. The average Bonchev–Trinajstić information content (AvgIpc) is 2.80. The summed E-state index contributed by atoms with van der Waals surface area (Å²) >= 11 is 1.84. The number of hydrazone groups is 1. The van der Waals surface area contributed by atoms with Crippen LogP contribution in [0.5, 0.6) is 0 Å². The van der Waals surface area contributed by atoms with Gasteiger partial charge in [0.1, 0.15) is 0 Å². The number of aromatic nitrogens is 1. The molecule has 5 heteroatoms. The molecule has 78 valence electrons. The number of hydrogen-bond donors (Lipinski definition) is 1. The van der Waals surface area contributed by atoms with Crippen LogP contribution in [-0.2, 0) is 0 Å². The van der Waals surface area contributed by atoms with Crippen molar-refractivity contribution in [3.63, 3.8) is 0 Å². The molecule has 0 bridgehead atoms. The van der Waals surface area contributed by atoms with E-state index in [0.717, 1.165) is 23.6 Å². The fourth-order valence-electron chi connectivity index (χ4n) is 1.24. The molecular weight excluding hydrogens is 210 g/mol. The van der Waals surface area contributed by atoms with E-state index in [0.29, 0.717) is 5.56 Å². The lowest BCUT2D eigenvalue weighted by Crippen LogP contribution is -2.19. The lowest BCUT2D eigenvalue weighted by molar-refractivity contribution is 0.0954. The molecule has 1 aliphatic rings. The zero-order chi connectivity index (χ0) is 10.5. The molecule has 4 nitrogen and oxygen atoms in total. The minimum absolute atomic E-state index is 0.179. The van der Waals surface area contributed by atoms with Crippen LogP contribution in [0.4, 0.5) is 0 Å². The molecule has 1 amide bonds. The van der Waals surface area contributed by atoms with E-state index in [1.807, 2.05) is 11.8 Å². The van der Waals surface area contributed by atoms with Gasteiger partial charge in [0.25, 0.3) is 5.91 Å². The van der Waals surface area contributed by atoms with Crippen LogP contribution < -0.4 is 5.43 Å². The van der Waals surface area contributed by atoms with Crippen molar-refractivity contribution in [2.45, 2.75) is 6.42 Å². The highest BCUT2D eigenvalue weighted by molar-refractivity contribution is 8.00. The Hall–Kier alpha value is -1.36. The summed E-state index contributed by atoms with van der Waals surface area (Å²) in [6.07, 6.45) is 4.16. The summed E-state index contributed by atoms with van der Waals surface area (Å²) in [6.45, 7) is 0. The molecule has 1 N–H and O–H groups in total. The summed E-state index contributed by atoms with van der Waals surface area (Å²) in [5, 5.41) is 4.08. The molecular formula is C10H11N3OS. The van der Waals surface area contributed by atoms with Crippen LogP contribution in [0.25, 0.3) is 0 Å². The van der Waals surface area contributed by atoms with Gasteiger partial charge >= 0.3 is 0 Å². The second-order valence-corrected chi connectivity index (χ2v) is 4.26. The van der Waals surface area contributed by atoms with Crippen molar-refractivity contribution < 1.29 is 4.79 Å². The highest BCUT2D eigenvalue weighted by Crippen LogP contribution is 2.13. The maximum atomic E-state index is 11.5. The number of hydrogen-bond acceptors (Lipinski definition) is 4. The lowest BCUT2D eigenvalue weighted by Gasteiger charge is -1.99. The topological polar surface area (TPSA) is 54.4 Å². The van der Waals surface area contributed by atoms with Crippen LogP contribution in [0.1, 0.15) is 16.8 Å². The van der Waals surface area contributed by atoms with Crippen molar-refractivity contribution in [2.75, 3.05) is 11.5 Å². The number of carbonyl (C=O) groups excluding carboxylic acids is 1. The highest BCUT2D eigenvalue weighted by atomic mass is 32.2. The number of pyridine rings is 1. The largest absolute Gasteiger partial charge is 0.271 e. The van der Waals surface area contributed by atoms with Crippen LogP contribution in [0.3, 0.4) is 0 Å². The molecule has 0 spiro atoms. The Bertz CT molecular complexity index is 370. The molecule has 1 aliphatic heterocycles. The molecule has 1 saturated heterocycles. The Morgan fingerprint density at radius 1 is 1.47 bits per heavy atom. The summed E-state index contributed by atoms with van der Waals surface area (Å²) in [5.74, 6) is 1.85. The van der Waals surface area contributed by atoms with Gasteiger partial charge in [-0.05, 0) is 24.3 Å². The van der Waals surface area contributed by atoms with E-state index in [4.69, 9.17) is 0 Å². The Kier molecular flexibility index (Phi) is 3.34. The van der Waals surface area contributed by atoms with E-state index in [9.17, 15) is 4.79 Å². The zero-order valence-electron chi connectivity index (χ0n) is 8.14. The summed E-state index contributed by atoms with van der Waals surface area (Å²) in [7, 11) is 0. The van der Waals surface area contributed by atoms with Crippen molar-refractivity contribution in [1.29, 1.82) is 0 Å². The number of nitrogens with one attached hydrogen (secondary N) is 1. The van der Waals surface area contributed by atoms with Crippen LogP contribution >= 0.6 is 11.8 Å². The maximum Gasteiger partial charge on any atom is 0.271 e. The molecule has 1 aromatic rings. The third kappa shape index (κ3) is 2.79. The smallest absolute Gasteiger partial charge is 0.267 e. The molecule has 0 aliphatic carbocycles. The van der Waals surface area contributed by atoms with Crippen molar-refractivity contribution in [3.05, 3.63) is 30.1 Å². The van der Waals surface area contributed by atoms with E-state index in [1.54, 1.807) is 24.5 Å². The first-order valence-electron chi connectivity index (χ1n) is 4.70. The normalized spacial score (nSPS) is 18.0. The maximum absolute atomic E-state index is 11.5. The minimum Gasteiger partial charge on any atom is -0.267 e. The predicted molar refractivity (Wildman–Crippen MR) is 61.1 cm³/mol. The van der Waals surface area contributed by atoms with Gasteiger partial charge in [-0.2, -0.15) is 16.9 Å². The van der Waals surface area contributed by atoms with Gasteiger partial charge in [-0.3, -0.25) is 9.78 Å². The number of rotatable bonds is 2. The van der Waals surface area contributed by atoms with Crippen LogP contribution in [0, 0.1) is 0 Å². The predicted octanol–water partition coefficient (Wildman–Crippen LogP) is 1.30. The van der Waals surface area contributed by atoms with Crippen molar-refractivity contribution in [3.8, 4) is 0 Å². The summed E-state index contributed by atoms with van der Waals surface area (Å²) in [4.78, 5) is 15.4. The molecule has 0 aromatic carbocycles. The molecule has 1 fully saturated rings. The number of thioether (sulfide) groups is 1. The van der Waals surface area contributed by atoms with Gasteiger partial charge in [0.05, 0.1) is 0 Å². The quantitative estimate of drug-likeness (QED) is 0.766. The fraction of sp³-hybridized carbons (Fsp3) is 0.300. The first-order valence-corrected chi connectivity index (χ1v) is 5.85. The Morgan fingerprint density at radius 2 is 2.27 bits per heavy atom. The molecule has 2 rings (SSSR count). The van der Waals surface area contributed by atoms with Gasteiger partial charge in [-0.15, -0.1) is 0 Å². The SMILES string of the molecule is O=C(N/N=C1\CCSC1)c1ccncc1. The van der Waals surface area contributed by atoms with Crippen LogP contribution in [0.2, 0.25) is 0 Å². The van der Waals surface area contributed by atoms with Gasteiger partial charge in [0.2, 0.25) is 0 Å². The molecule has 0 unspecified atom stereocenters. The van der Waals surface area contributed by atoms with Gasteiger partial charge < -0.3 is 0 Å². The molecule has 1 aromatic heterocycles. The van der Waals surface area contributed by atoms with E-state index in [2.05, 4.69) is 15.5 Å². The summed E-state index contributed by atoms with van der Waals surface area (Å²) in [5.41, 5.74) is 4.19. The van der Waals surface area contributed by atoms with E-state index in [1.165, 1.54) is 0 Å². The van der Waals surface area contributed by atoms with Gasteiger partial charge in [0.15, 0.2) is 0 Å². The third-order valence-electron chi connectivity index (χ3n) is 2.06. The molecule has 0 atom stereocenters. The van der Waals surface area contributed by atoms with Crippen LogP contribution in [0.15, 0.2) is 29.6 Å². The van der Waals surface area contributed by atoms with Gasteiger partial charge in [-0.25, -0.2) is 5.43 Å². The number of amides is 1. The average molecular weight is 221 g/mol. The van der Waals surface area contributed by atoms with Gasteiger partial charge in [-0.1, -0.05) is 0 Å². The van der Waals surface area contributed by atoms with Crippen molar-refractivity contribution in [2.24, 2.45) is 5.10 Å². The standard InChI is InChI=1S/C10H11N3OS/c14-10(8-1-4-11-5-2-8)13-12-9-3-6-15-7-9/h1-2,4-5H,3,6-7H2,(H,13,14)/b12-9+. The first kappa shape index (κ1) is 10.2. The highest BCUT2D eigenvalue weighted by Gasteiger charge is 2.09. The van der Waals surface area contributed by atoms with Crippen molar-refractivity contribution >= 4 is 23.4 Å². The Balaban J connectivity index is 1.95. The molecule has 15 heavy (non-hydrogen) atoms. The fourth-order valence-corrected chi connectivity index (χ4v) is 2.21. The van der Waals surface area contributed by atoms with E-state index >= 15 is 0 Å². The Labute approximate surface area is 92.2 Å². The summed E-state index contributed by atoms with van der Waals surface area (Å²) < 4.78 is 0. The van der Waals surface area contributed by atoms with Gasteiger partial charge in [0, 0.05) is 29.4 Å². The molecule has 0 saturated carbocycles. The molecule has 0 radical (unpaired) electrons.